The van der Waals surface area contributed by atoms with Crippen LogP contribution in [-0.2, 0) is 18.9 Å². The highest BCUT2D eigenvalue weighted by atomic mass is 16.6. The van der Waals surface area contributed by atoms with Crippen LogP contribution in [0.4, 0.5) is 0 Å². The maximum absolute atomic E-state index is 6.10. The molecule has 0 aromatic heterocycles. The van der Waals surface area contributed by atoms with E-state index in [-0.39, 0.29) is 30.5 Å². The molecule has 1 heterocycles. The Bertz CT molecular complexity index is 286. The predicted molar refractivity (Wildman–Crippen MR) is 89.4 cm³/mol. The van der Waals surface area contributed by atoms with Gasteiger partial charge in [0.2, 0.25) is 0 Å². The van der Waals surface area contributed by atoms with Gasteiger partial charge in [0.1, 0.15) is 26.2 Å². The topological polar surface area (TPSA) is 36.9 Å². The quantitative estimate of drug-likeness (QED) is 0.434. The minimum atomic E-state index is -0.448. The number of unbranched alkanes of at least 4 members (excludes halogenated alkanes) is 3. The van der Waals surface area contributed by atoms with Gasteiger partial charge in [0.15, 0.2) is 0 Å². The van der Waals surface area contributed by atoms with Crippen molar-refractivity contribution < 1.29 is 18.9 Å². The Hall–Kier alpha value is -0.0951. The molecule has 0 aliphatic carbocycles. The Kier molecular flexibility index (Phi) is 9.65. The molecule has 0 aromatic rings. The lowest BCUT2D eigenvalue weighted by molar-refractivity contribution is -0.103. The highest BCUT2D eigenvalue weighted by Crippen LogP contribution is 2.27. The van der Waals surface area contributed by atoms with E-state index in [0.29, 0.717) is 13.2 Å². The molecule has 1 aliphatic rings. The molecule has 0 saturated carbocycles. The van der Waals surface area contributed by atoms with E-state index in [1.165, 1.54) is 19.3 Å². The van der Waals surface area contributed by atoms with E-state index in [2.05, 4.69) is 6.92 Å². The molecule has 1 aliphatic heterocycles. The van der Waals surface area contributed by atoms with E-state index in [9.17, 15) is 0 Å². The van der Waals surface area contributed by atoms with Crippen LogP contribution >= 0.6 is 0 Å². The third-order valence-electron chi connectivity index (χ3n) is 3.68. The molecule has 22 heavy (non-hydrogen) atoms. The van der Waals surface area contributed by atoms with Gasteiger partial charge in [-0.05, 0) is 34.1 Å². The summed E-state index contributed by atoms with van der Waals surface area (Å²) in [5.41, 5.74) is 0. The van der Waals surface area contributed by atoms with Crippen LogP contribution < -0.4 is 0 Å². The largest absolute Gasteiger partial charge is 0.377 e. The molecule has 0 spiro atoms. The molecule has 0 amide bonds. The Balaban J connectivity index is 2.51. The molecular formula is C17H33BO4. The van der Waals surface area contributed by atoms with Crippen LogP contribution in [0.5, 0.6) is 0 Å². The Morgan fingerprint density at radius 3 is 2.32 bits per heavy atom. The summed E-state index contributed by atoms with van der Waals surface area (Å²) in [6.45, 7) is 11.4. The van der Waals surface area contributed by atoms with Crippen molar-refractivity contribution in [3.63, 3.8) is 0 Å². The number of ether oxygens (including phenoxy) is 4. The van der Waals surface area contributed by atoms with Crippen LogP contribution in [0.15, 0.2) is 0 Å². The fourth-order valence-corrected chi connectivity index (χ4v) is 2.59. The predicted octanol–water partition coefficient (Wildman–Crippen LogP) is 3.06. The van der Waals surface area contributed by atoms with Crippen molar-refractivity contribution >= 4 is 7.85 Å². The van der Waals surface area contributed by atoms with Gasteiger partial charge in [-0.15, -0.1) is 0 Å². The van der Waals surface area contributed by atoms with Crippen LogP contribution in [0, 0.1) is 0 Å². The van der Waals surface area contributed by atoms with Gasteiger partial charge in [-0.2, -0.15) is 0 Å². The zero-order chi connectivity index (χ0) is 16.5. The van der Waals surface area contributed by atoms with Gasteiger partial charge in [0.05, 0.1) is 18.8 Å². The van der Waals surface area contributed by atoms with Crippen LogP contribution in [0.25, 0.3) is 0 Å². The third kappa shape index (κ3) is 6.99. The van der Waals surface area contributed by atoms with Gasteiger partial charge in [0, 0.05) is 12.6 Å². The molecular weight excluding hydrogens is 279 g/mol. The van der Waals surface area contributed by atoms with E-state index < -0.39 is 6.00 Å². The first kappa shape index (κ1) is 20.0. The fraction of sp³-hybridized carbons (Fsp3) is 1.00. The van der Waals surface area contributed by atoms with Crippen molar-refractivity contribution in [3.05, 3.63) is 0 Å². The number of hydrogen-bond donors (Lipinski definition) is 0. The molecule has 5 heteroatoms. The summed E-state index contributed by atoms with van der Waals surface area (Å²) in [6.07, 6.45) is 4.42. The van der Waals surface area contributed by atoms with Gasteiger partial charge >= 0.3 is 0 Å². The van der Waals surface area contributed by atoms with Crippen molar-refractivity contribution in [3.8, 4) is 0 Å². The molecule has 128 valence electrons. The Morgan fingerprint density at radius 2 is 1.73 bits per heavy atom. The van der Waals surface area contributed by atoms with Crippen LogP contribution in [0.3, 0.4) is 0 Å². The summed E-state index contributed by atoms with van der Waals surface area (Å²) in [4.78, 5) is 0. The average Bonchev–Trinajstić information content (AvgIpc) is 2.72. The standard InChI is InChI=1S/C17H33BO4/c1-6-7-8-9-10-19-16-15(21-13(4)5)14(22-17(16)18)11-20-12(2)3/h12-17H,6-11H2,1-5H3/t14-,15?,16+,17-/m1/s1. The van der Waals surface area contributed by atoms with Gasteiger partial charge in [-0.1, -0.05) is 26.2 Å². The van der Waals surface area contributed by atoms with Crippen molar-refractivity contribution in [1.82, 2.24) is 0 Å². The highest BCUT2D eigenvalue weighted by molar-refractivity contribution is 6.11. The van der Waals surface area contributed by atoms with Gasteiger partial charge in [-0.25, -0.2) is 0 Å². The Labute approximate surface area is 137 Å². The first-order valence-corrected chi connectivity index (χ1v) is 8.75. The summed E-state index contributed by atoms with van der Waals surface area (Å²) in [5.74, 6) is 0. The lowest BCUT2D eigenvalue weighted by Crippen LogP contribution is -2.41. The van der Waals surface area contributed by atoms with E-state index in [1.54, 1.807) is 0 Å². The molecule has 0 bridgehead atoms. The smallest absolute Gasteiger partial charge is 0.114 e. The molecule has 2 radical (unpaired) electrons. The highest BCUT2D eigenvalue weighted by Gasteiger charge is 2.44. The van der Waals surface area contributed by atoms with Crippen molar-refractivity contribution in [2.45, 2.75) is 96.8 Å². The molecule has 4 atom stereocenters. The van der Waals surface area contributed by atoms with Gasteiger partial charge < -0.3 is 18.9 Å². The third-order valence-corrected chi connectivity index (χ3v) is 3.68. The van der Waals surface area contributed by atoms with Crippen LogP contribution in [-0.4, -0.2) is 57.6 Å². The maximum atomic E-state index is 6.10. The zero-order valence-corrected chi connectivity index (χ0v) is 14.9. The normalized spacial score (nSPS) is 28.9. The monoisotopic (exact) mass is 312 g/mol. The molecule has 4 nitrogen and oxygen atoms in total. The summed E-state index contributed by atoms with van der Waals surface area (Å²) in [7, 11) is 6.10. The van der Waals surface area contributed by atoms with Crippen LogP contribution in [0.1, 0.15) is 60.3 Å². The Morgan fingerprint density at radius 1 is 1.00 bits per heavy atom. The second-order valence-corrected chi connectivity index (χ2v) is 6.57. The minimum absolute atomic E-state index is 0.103. The van der Waals surface area contributed by atoms with E-state index >= 15 is 0 Å². The fourth-order valence-electron chi connectivity index (χ4n) is 2.59. The van der Waals surface area contributed by atoms with Gasteiger partial charge in [0.25, 0.3) is 0 Å². The molecule has 0 aromatic carbocycles. The molecule has 1 saturated heterocycles. The molecule has 1 fully saturated rings. The molecule has 1 unspecified atom stereocenters. The first-order chi connectivity index (χ1) is 10.5. The van der Waals surface area contributed by atoms with Gasteiger partial charge in [-0.3, -0.25) is 0 Å². The lowest BCUT2D eigenvalue weighted by Gasteiger charge is -2.26. The minimum Gasteiger partial charge on any atom is -0.377 e. The van der Waals surface area contributed by atoms with Crippen molar-refractivity contribution in [2.24, 2.45) is 0 Å². The molecule has 1 rings (SSSR count). The summed E-state index contributed by atoms with van der Waals surface area (Å²) < 4.78 is 23.5. The lowest BCUT2D eigenvalue weighted by atomic mass is 9.92. The second-order valence-electron chi connectivity index (χ2n) is 6.57. The SMILES string of the molecule is [B][C@@H]1O[C@H](COC(C)C)C(OC(C)C)[C@@H]1OCCCCCC. The number of rotatable bonds is 11. The summed E-state index contributed by atoms with van der Waals surface area (Å²) in [6, 6.07) is -0.448. The molecule has 0 N–H and O–H groups in total. The summed E-state index contributed by atoms with van der Waals surface area (Å²) in [5, 5.41) is 0. The van der Waals surface area contributed by atoms with Crippen molar-refractivity contribution in [1.29, 1.82) is 0 Å². The number of hydrogen-bond acceptors (Lipinski definition) is 4. The van der Waals surface area contributed by atoms with E-state index in [0.717, 1.165) is 6.42 Å². The summed E-state index contributed by atoms with van der Waals surface area (Å²) >= 11 is 0. The van der Waals surface area contributed by atoms with Crippen molar-refractivity contribution in [2.75, 3.05) is 13.2 Å². The maximum Gasteiger partial charge on any atom is 0.114 e. The zero-order valence-electron chi connectivity index (χ0n) is 14.9. The second kappa shape index (κ2) is 10.6. The first-order valence-electron chi connectivity index (χ1n) is 8.75. The average molecular weight is 312 g/mol. The van der Waals surface area contributed by atoms with Crippen LogP contribution in [0.2, 0.25) is 0 Å². The van der Waals surface area contributed by atoms with E-state index in [1.807, 2.05) is 27.7 Å². The van der Waals surface area contributed by atoms with E-state index in [4.69, 9.17) is 26.8 Å².